The Bertz CT molecular complexity index is 720. The maximum absolute atomic E-state index is 13.2. The number of benzene rings is 2. The van der Waals surface area contributed by atoms with Crippen molar-refractivity contribution >= 4 is 6.03 Å². The Morgan fingerprint density at radius 1 is 1.25 bits per heavy atom. The number of rotatable bonds is 6. The van der Waals surface area contributed by atoms with Gasteiger partial charge in [-0.3, -0.25) is 0 Å². The zero-order valence-electron chi connectivity index (χ0n) is 13.6. The molecule has 126 valence electrons. The normalized spacial score (nSPS) is 18.8. The van der Waals surface area contributed by atoms with Gasteiger partial charge in [0.1, 0.15) is 18.2 Å². The summed E-state index contributed by atoms with van der Waals surface area (Å²) in [7, 11) is 0. The van der Waals surface area contributed by atoms with E-state index in [9.17, 15) is 9.18 Å². The molecule has 0 spiro atoms. The second kappa shape index (κ2) is 7.34. The highest BCUT2D eigenvalue weighted by Gasteiger charge is 2.39. The Kier molecular flexibility index (Phi) is 4.99. The lowest BCUT2D eigenvalue weighted by molar-refractivity contribution is 0.236. The summed E-state index contributed by atoms with van der Waals surface area (Å²) in [5.74, 6) is 0.761. The molecule has 1 aliphatic carbocycles. The minimum Gasteiger partial charge on any atom is -0.492 e. The van der Waals surface area contributed by atoms with Crippen molar-refractivity contribution in [3.05, 3.63) is 65.5 Å². The van der Waals surface area contributed by atoms with Crippen LogP contribution in [0.4, 0.5) is 9.18 Å². The van der Waals surface area contributed by atoms with Gasteiger partial charge in [-0.05, 0) is 48.7 Å². The molecule has 0 radical (unpaired) electrons. The first-order chi connectivity index (χ1) is 11.6. The molecule has 4 nitrogen and oxygen atoms in total. The Balaban J connectivity index is 1.35. The minimum absolute atomic E-state index is 0.0736. The third-order valence-corrected chi connectivity index (χ3v) is 4.03. The van der Waals surface area contributed by atoms with Gasteiger partial charge >= 0.3 is 6.03 Å². The summed E-state index contributed by atoms with van der Waals surface area (Å²) in [6, 6.07) is 14.2. The van der Waals surface area contributed by atoms with Crippen molar-refractivity contribution in [2.45, 2.75) is 25.3 Å². The number of ether oxygens (including phenoxy) is 1. The Labute approximate surface area is 141 Å². The predicted octanol–water partition coefficient (Wildman–Crippen LogP) is 3.37. The third kappa shape index (κ3) is 4.47. The van der Waals surface area contributed by atoms with E-state index in [2.05, 4.69) is 10.6 Å². The fraction of sp³-hybridized carbons (Fsp3) is 0.316. The van der Waals surface area contributed by atoms with Crippen LogP contribution in [0.15, 0.2) is 48.5 Å². The molecular weight excluding hydrogens is 307 g/mol. The van der Waals surface area contributed by atoms with E-state index in [1.165, 1.54) is 12.1 Å². The molecule has 0 aromatic heterocycles. The summed E-state index contributed by atoms with van der Waals surface area (Å²) in [6.45, 7) is 2.84. The molecule has 5 heteroatoms. The molecule has 1 aliphatic rings. The first kappa shape index (κ1) is 16.3. The fourth-order valence-corrected chi connectivity index (χ4v) is 2.72. The summed E-state index contributed by atoms with van der Waals surface area (Å²) in [5.41, 5.74) is 2.07. The molecule has 3 rings (SSSR count). The molecule has 2 atom stereocenters. The van der Waals surface area contributed by atoms with E-state index in [1.54, 1.807) is 6.07 Å². The SMILES string of the molecule is Cc1cccc(OCCNC(=O)NC2CC2c2cccc(F)c2)c1. The van der Waals surface area contributed by atoms with E-state index < -0.39 is 0 Å². The Hall–Kier alpha value is -2.56. The van der Waals surface area contributed by atoms with Gasteiger partial charge in [0.15, 0.2) is 0 Å². The first-order valence-corrected chi connectivity index (χ1v) is 8.11. The van der Waals surface area contributed by atoms with Gasteiger partial charge in [-0.15, -0.1) is 0 Å². The van der Waals surface area contributed by atoms with Crippen LogP contribution in [0.3, 0.4) is 0 Å². The molecule has 24 heavy (non-hydrogen) atoms. The molecule has 2 N–H and O–H groups in total. The van der Waals surface area contributed by atoms with Crippen molar-refractivity contribution in [2.24, 2.45) is 0 Å². The lowest BCUT2D eigenvalue weighted by atomic mass is 10.1. The summed E-state index contributed by atoms with van der Waals surface area (Å²) < 4.78 is 18.8. The quantitative estimate of drug-likeness (QED) is 0.799. The standard InChI is InChI=1S/C19H21FN2O2/c1-13-4-2-7-16(10-13)24-9-8-21-19(23)22-18-12-17(18)14-5-3-6-15(20)11-14/h2-7,10-11,17-18H,8-9,12H2,1H3,(H2,21,22,23). The smallest absolute Gasteiger partial charge is 0.315 e. The summed E-state index contributed by atoms with van der Waals surface area (Å²) >= 11 is 0. The number of carbonyl (C=O) groups excluding carboxylic acids is 1. The van der Waals surface area contributed by atoms with Crippen LogP contribution in [0.25, 0.3) is 0 Å². The Morgan fingerprint density at radius 3 is 2.88 bits per heavy atom. The van der Waals surface area contributed by atoms with E-state index in [1.807, 2.05) is 37.3 Å². The van der Waals surface area contributed by atoms with Crippen LogP contribution >= 0.6 is 0 Å². The summed E-state index contributed by atoms with van der Waals surface area (Å²) in [5, 5.41) is 5.67. The number of hydrogen-bond donors (Lipinski definition) is 2. The number of nitrogens with one attached hydrogen (secondary N) is 2. The van der Waals surface area contributed by atoms with Crippen LogP contribution in [0, 0.1) is 12.7 Å². The maximum Gasteiger partial charge on any atom is 0.315 e. The van der Waals surface area contributed by atoms with Crippen LogP contribution in [-0.4, -0.2) is 25.2 Å². The first-order valence-electron chi connectivity index (χ1n) is 8.11. The number of aryl methyl sites for hydroxylation is 1. The van der Waals surface area contributed by atoms with Gasteiger partial charge < -0.3 is 15.4 Å². The Morgan fingerprint density at radius 2 is 2.08 bits per heavy atom. The van der Waals surface area contributed by atoms with Gasteiger partial charge in [0.25, 0.3) is 0 Å². The molecule has 0 aliphatic heterocycles. The summed E-state index contributed by atoms with van der Waals surface area (Å²) in [6.07, 6.45) is 0.844. The van der Waals surface area contributed by atoms with Crippen molar-refractivity contribution in [1.82, 2.24) is 10.6 Å². The van der Waals surface area contributed by atoms with Gasteiger partial charge in [0, 0.05) is 12.0 Å². The molecule has 2 amide bonds. The van der Waals surface area contributed by atoms with Crippen LogP contribution < -0.4 is 15.4 Å². The second-order valence-corrected chi connectivity index (χ2v) is 6.07. The lowest BCUT2D eigenvalue weighted by Gasteiger charge is -2.09. The van der Waals surface area contributed by atoms with E-state index in [0.717, 1.165) is 23.3 Å². The van der Waals surface area contributed by atoms with Crippen molar-refractivity contribution in [3.63, 3.8) is 0 Å². The maximum atomic E-state index is 13.2. The van der Waals surface area contributed by atoms with Gasteiger partial charge in [-0.25, -0.2) is 9.18 Å². The molecule has 2 aromatic carbocycles. The van der Waals surface area contributed by atoms with Crippen LogP contribution in [0.2, 0.25) is 0 Å². The second-order valence-electron chi connectivity index (χ2n) is 6.07. The predicted molar refractivity (Wildman–Crippen MR) is 90.8 cm³/mol. The molecule has 0 saturated heterocycles. The number of urea groups is 1. The number of carbonyl (C=O) groups is 1. The minimum atomic E-state index is -0.240. The van der Waals surface area contributed by atoms with E-state index in [4.69, 9.17) is 4.74 Å². The molecule has 1 fully saturated rings. The van der Waals surface area contributed by atoms with Crippen molar-refractivity contribution in [2.75, 3.05) is 13.2 Å². The van der Waals surface area contributed by atoms with Gasteiger partial charge in [0.05, 0.1) is 6.54 Å². The van der Waals surface area contributed by atoms with Crippen molar-refractivity contribution in [3.8, 4) is 5.75 Å². The molecule has 2 aromatic rings. The average Bonchev–Trinajstić information content (AvgIpc) is 3.31. The lowest BCUT2D eigenvalue weighted by Crippen LogP contribution is -2.39. The van der Waals surface area contributed by atoms with E-state index in [-0.39, 0.29) is 23.8 Å². The highest BCUT2D eigenvalue weighted by molar-refractivity contribution is 5.74. The number of amides is 2. The monoisotopic (exact) mass is 328 g/mol. The highest BCUT2D eigenvalue weighted by atomic mass is 19.1. The number of halogens is 1. The van der Waals surface area contributed by atoms with Gasteiger partial charge in [0.2, 0.25) is 0 Å². The van der Waals surface area contributed by atoms with Crippen molar-refractivity contribution in [1.29, 1.82) is 0 Å². The van der Waals surface area contributed by atoms with Crippen LogP contribution in [0.1, 0.15) is 23.5 Å². The molecule has 1 saturated carbocycles. The zero-order valence-corrected chi connectivity index (χ0v) is 13.6. The molecule has 0 heterocycles. The molecule has 0 bridgehead atoms. The zero-order chi connectivity index (χ0) is 16.9. The number of hydrogen-bond acceptors (Lipinski definition) is 2. The average molecular weight is 328 g/mol. The summed E-state index contributed by atoms with van der Waals surface area (Å²) in [4.78, 5) is 11.9. The van der Waals surface area contributed by atoms with E-state index >= 15 is 0 Å². The fourth-order valence-electron chi connectivity index (χ4n) is 2.72. The molecule has 2 unspecified atom stereocenters. The van der Waals surface area contributed by atoms with Gasteiger partial charge in [-0.2, -0.15) is 0 Å². The topological polar surface area (TPSA) is 50.4 Å². The highest BCUT2D eigenvalue weighted by Crippen LogP contribution is 2.40. The third-order valence-electron chi connectivity index (χ3n) is 4.03. The van der Waals surface area contributed by atoms with E-state index in [0.29, 0.717) is 13.2 Å². The van der Waals surface area contributed by atoms with Crippen LogP contribution in [-0.2, 0) is 0 Å². The largest absolute Gasteiger partial charge is 0.492 e. The van der Waals surface area contributed by atoms with Crippen molar-refractivity contribution < 1.29 is 13.9 Å². The molecular formula is C19H21FN2O2. The van der Waals surface area contributed by atoms with Crippen LogP contribution in [0.5, 0.6) is 5.75 Å². The van der Waals surface area contributed by atoms with Gasteiger partial charge in [-0.1, -0.05) is 24.3 Å².